The first-order chi connectivity index (χ1) is 16.2. The topological polar surface area (TPSA) is 158 Å². The number of hydrogen-bond acceptors (Lipinski definition) is 10. The number of anilines is 2. The first-order valence-electron chi connectivity index (χ1n) is 9.39. The maximum absolute atomic E-state index is 12.2. The van der Waals surface area contributed by atoms with E-state index in [2.05, 4.69) is 15.0 Å². The van der Waals surface area contributed by atoms with Gasteiger partial charge in [-0.1, -0.05) is 17.4 Å². The van der Waals surface area contributed by atoms with Gasteiger partial charge in [-0.3, -0.25) is 24.9 Å². The lowest BCUT2D eigenvalue weighted by atomic mass is 10.2. The van der Waals surface area contributed by atoms with Crippen molar-refractivity contribution in [2.45, 2.75) is 4.21 Å². The number of nitro groups is 1. The maximum atomic E-state index is 12.2. The SMILES string of the molecule is O=C(COC(=O)c1ccc(NS(=O)(=O)c2cccs2)cc1)Nc1nc2ccc([N+](=O)[O-])cc2s1. The molecule has 0 aliphatic heterocycles. The number of non-ortho nitro benzene ring substituents is 1. The van der Waals surface area contributed by atoms with Gasteiger partial charge < -0.3 is 4.74 Å². The number of fused-ring (bicyclic) bond motifs is 1. The summed E-state index contributed by atoms with van der Waals surface area (Å²) in [6.07, 6.45) is 0. The fraction of sp³-hybridized carbons (Fsp3) is 0.0500. The van der Waals surface area contributed by atoms with Gasteiger partial charge in [0.2, 0.25) is 0 Å². The second-order valence-electron chi connectivity index (χ2n) is 6.67. The van der Waals surface area contributed by atoms with Crippen molar-refractivity contribution in [2.24, 2.45) is 0 Å². The molecule has 1 amide bonds. The van der Waals surface area contributed by atoms with Gasteiger partial charge in [0.05, 0.1) is 20.7 Å². The summed E-state index contributed by atoms with van der Waals surface area (Å²) in [6, 6.07) is 12.8. The number of nitrogens with zero attached hydrogens (tertiary/aromatic N) is 2. The summed E-state index contributed by atoms with van der Waals surface area (Å²) < 4.78 is 32.6. The molecular weight excluding hydrogens is 504 g/mol. The Morgan fingerprint density at radius 1 is 1.12 bits per heavy atom. The highest BCUT2D eigenvalue weighted by atomic mass is 32.2. The quantitative estimate of drug-likeness (QED) is 0.202. The number of sulfonamides is 1. The largest absolute Gasteiger partial charge is 0.452 e. The lowest BCUT2D eigenvalue weighted by Crippen LogP contribution is -2.20. The van der Waals surface area contributed by atoms with Gasteiger partial charge in [-0.2, -0.15) is 0 Å². The predicted octanol–water partition coefficient (Wildman–Crippen LogP) is 3.86. The lowest BCUT2D eigenvalue weighted by molar-refractivity contribution is -0.384. The zero-order chi connectivity index (χ0) is 24.3. The summed E-state index contributed by atoms with van der Waals surface area (Å²) in [5.74, 6) is -1.41. The minimum Gasteiger partial charge on any atom is -0.452 e. The Morgan fingerprint density at radius 3 is 2.56 bits per heavy atom. The van der Waals surface area contributed by atoms with Gasteiger partial charge >= 0.3 is 5.97 Å². The van der Waals surface area contributed by atoms with E-state index < -0.39 is 33.4 Å². The molecule has 0 unspecified atom stereocenters. The number of thiazole rings is 1. The number of aromatic nitrogens is 1. The fourth-order valence-electron chi connectivity index (χ4n) is 2.75. The van der Waals surface area contributed by atoms with E-state index in [0.717, 1.165) is 22.7 Å². The molecule has 0 bridgehead atoms. The smallest absolute Gasteiger partial charge is 0.338 e. The molecule has 0 spiro atoms. The standard InChI is InChI=1S/C20H14N4O7S3/c25-17(22-20-21-15-8-7-14(24(27)28)10-16(15)33-20)11-31-19(26)12-3-5-13(6-4-12)23-34(29,30)18-2-1-9-32-18/h1-10,23H,11H2,(H,21,22,25). The van der Waals surface area contributed by atoms with Crippen molar-refractivity contribution in [3.63, 3.8) is 0 Å². The van der Waals surface area contributed by atoms with Gasteiger partial charge in [-0.05, 0) is 41.8 Å². The fourth-order valence-corrected chi connectivity index (χ4v) is 5.71. The Balaban J connectivity index is 1.32. The number of carbonyl (C=O) groups is 2. The van der Waals surface area contributed by atoms with Crippen molar-refractivity contribution in [1.29, 1.82) is 0 Å². The predicted molar refractivity (Wildman–Crippen MR) is 127 cm³/mol. The Labute approximate surface area is 200 Å². The van der Waals surface area contributed by atoms with Crippen LogP contribution in [0.4, 0.5) is 16.5 Å². The van der Waals surface area contributed by atoms with E-state index in [0.29, 0.717) is 10.2 Å². The third kappa shape index (κ3) is 5.36. The van der Waals surface area contributed by atoms with Crippen LogP contribution in [0.15, 0.2) is 64.2 Å². The highest BCUT2D eigenvalue weighted by molar-refractivity contribution is 7.94. The van der Waals surface area contributed by atoms with Crippen molar-refractivity contribution in [1.82, 2.24) is 4.98 Å². The van der Waals surface area contributed by atoms with Crippen LogP contribution in [0.25, 0.3) is 10.2 Å². The molecule has 2 heterocycles. The Morgan fingerprint density at radius 2 is 1.88 bits per heavy atom. The average molecular weight is 519 g/mol. The van der Waals surface area contributed by atoms with Crippen LogP contribution in [-0.4, -0.2) is 36.8 Å². The van der Waals surface area contributed by atoms with Crippen LogP contribution in [0, 0.1) is 10.1 Å². The van der Waals surface area contributed by atoms with Crippen LogP contribution in [0.5, 0.6) is 0 Å². The highest BCUT2D eigenvalue weighted by Crippen LogP contribution is 2.29. The Kier molecular flexibility index (Phi) is 6.54. The molecule has 2 aromatic carbocycles. The summed E-state index contributed by atoms with van der Waals surface area (Å²) >= 11 is 2.13. The van der Waals surface area contributed by atoms with Crippen molar-refractivity contribution < 1.29 is 27.7 Å². The summed E-state index contributed by atoms with van der Waals surface area (Å²) in [7, 11) is -3.71. The number of thiophene rings is 1. The van der Waals surface area contributed by atoms with Gasteiger partial charge in [0.25, 0.3) is 21.6 Å². The third-order valence-electron chi connectivity index (χ3n) is 4.30. The molecule has 2 N–H and O–H groups in total. The number of amides is 1. The molecule has 0 fully saturated rings. The van der Waals surface area contributed by atoms with E-state index in [1.165, 1.54) is 48.5 Å². The monoisotopic (exact) mass is 518 g/mol. The number of hydrogen-bond donors (Lipinski definition) is 2. The molecule has 14 heteroatoms. The molecule has 4 aromatic rings. The van der Waals surface area contributed by atoms with E-state index in [1.54, 1.807) is 11.4 Å². The minimum absolute atomic E-state index is 0.0895. The number of nitrogens with one attached hydrogen (secondary N) is 2. The second-order valence-corrected chi connectivity index (χ2v) is 10.6. The van der Waals surface area contributed by atoms with E-state index in [4.69, 9.17) is 4.74 Å². The van der Waals surface area contributed by atoms with Crippen LogP contribution >= 0.6 is 22.7 Å². The molecule has 0 aliphatic rings. The normalized spacial score (nSPS) is 11.2. The van der Waals surface area contributed by atoms with Crippen molar-refractivity contribution in [3.8, 4) is 0 Å². The number of carbonyl (C=O) groups excluding carboxylic acids is 2. The molecular formula is C20H14N4O7S3. The van der Waals surface area contributed by atoms with Gasteiger partial charge in [-0.25, -0.2) is 18.2 Å². The van der Waals surface area contributed by atoms with Crippen molar-refractivity contribution in [2.75, 3.05) is 16.6 Å². The number of esters is 1. The zero-order valence-corrected chi connectivity index (χ0v) is 19.4. The van der Waals surface area contributed by atoms with Crippen LogP contribution in [0.2, 0.25) is 0 Å². The van der Waals surface area contributed by atoms with E-state index >= 15 is 0 Å². The highest BCUT2D eigenvalue weighted by Gasteiger charge is 2.17. The van der Waals surface area contributed by atoms with Crippen molar-refractivity contribution >= 4 is 71.3 Å². The molecule has 0 saturated heterocycles. The number of ether oxygens (including phenoxy) is 1. The molecule has 0 radical (unpaired) electrons. The van der Waals surface area contributed by atoms with Crippen molar-refractivity contribution in [3.05, 3.63) is 75.7 Å². The van der Waals surface area contributed by atoms with E-state index in [1.807, 2.05) is 0 Å². The lowest BCUT2D eigenvalue weighted by Gasteiger charge is -2.08. The molecule has 0 atom stereocenters. The Bertz CT molecular complexity index is 1480. The third-order valence-corrected chi connectivity index (χ3v) is 8.01. The molecule has 2 aromatic heterocycles. The zero-order valence-electron chi connectivity index (χ0n) is 17.0. The summed E-state index contributed by atoms with van der Waals surface area (Å²) in [4.78, 5) is 38.8. The van der Waals surface area contributed by atoms with Gasteiger partial charge in [0, 0.05) is 17.8 Å². The number of nitro benzene ring substituents is 1. The summed E-state index contributed by atoms with van der Waals surface area (Å²) in [6.45, 7) is -0.582. The summed E-state index contributed by atoms with van der Waals surface area (Å²) in [5, 5.41) is 15.2. The van der Waals surface area contributed by atoms with Gasteiger partial charge in [-0.15, -0.1) is 11.3 Å². The van der Waals surface area contributed by atoms with E-state index in [9.17, 15) is 28.1 Å². The average Bonchev–Trinajstić information content (AvgIpc) is 3.47. The first-order valence-corrected chi connectivity index (χ1v) is 12.6. The molecule has 0 saturated carbocycles. The van der Waals surface area contributed by atoms with Crippen LogP contribution < -0.4 is 10.0 Å². The van der Waals surface area contributed by atoms with E-state index in [-0.39, 0.29) is 26.3 Å². The van der Waals surface area contributed by atoms with Gasteiger partial charge in [0.1, 0.15) is 4.21 Å². The number of benzene rings is 2. The molecule has 34 heavy (non-hydrogen) atoms. The molecule has 0 aliphatic carbocycles. The first kappa shape index (κ1) is 23.3. The van der Waals surface area contributed by atoms with Crippen LogP contribution in [-0.2, 0) is 19.6 Å². The maximum Gasteiger partial charge on any atom is 0.338 e. The summed E-state index contributed by atoms with van der Waals surface area (Å²) in [5.41, 5.74) is 0.781. The number of rotatable bonds is 8. The van der Waals surface area contributed by atoms with Crippen LogP contribution in [0.3, 0.4) is 0 Å². The second kappa shape index (κ2) is 9.54. The molecule has 174 valence electrons. The Hall–Kier alpha value is -3.88. The van der Waals surface area contributed by atoms with Gasteiger partial charge in [0.15, 0.2) is 11.7 Å². The molecule has 11 nitrogen and oxygen atoms in total. The van der Waals surface area contributed by atoms with Crippen LogP contribution in [0.1, 0.15) is 10.4 Å². The molecule has 4 rings (SSSR count). The minimum atomic E-state index is -3.71.